The molecule has 0 aromatic carbocycles. The van der Waals surface area contributed by atoms with Crippen LogP contribution in [-0.4, -0.2) is 23.6 Å². The lowest BCUT2D eigenvalue weighted by Crippen LogP contribution is -2.56. The Kier molecular flexibility index (Phi) is 2.57. The Labute approximate surface area is 53.8 Å². The molecule has 0 saturated heterocycles. The molecule has 0 unspecified atom stereocenters. The van der Waals surface area contributed by atoms with Crippen LogP contribution in [0.5, 0.6) is 0 Å². The maximum atomic E-state index is 11.4. The van der Waals surface area contributed by atoms with Crippen molar-refractivity contribution >= 4 is 23.6 Å². The monoisotopic (exact) mass is 200 g/mol. The van der Waals surface area contributed by atoms with E-state index in [1.807, 2.05) is 0 Å². The number of rotatable bonds is 2. The molecule has 0 aliphatic carbocycles. The van der Waals surface area contributed by atoms with Gasteiger partial charge >= 0.3 is 23.6 Å². The second-order valence-corrected chi connectivity index (χ2v) is 7.80. The van der Waals surface area contributed by atoms with Gasteiger partial charge in [0.2, 0.25) is 0 Å². The van der Waals surface area contributed by atoms with E-state index in [4.69, 9.17) is 0 Å². The summed E-state index contributed by atoms with van der Waals surface area (Å²) in [6.45, 7) is -4.50. The first-order chi connectivity index (χ1) is 4.19. The van der Waals surface area contributed by atoms with Gasteiger partial charge in [-0.25, -0.2) is 12.3 Å². The van der Waals surface area contributed by atoms with E-state index >= 15 is 0 Å². The van der Waals surface area contributed by atoms with Crippen LogP contribution in [0.2, 0.25) is 0 Å². The first-order valence-corrected chi connectivity index (χ1v) is 6.39. The molecular formula is BF7Si2. The van der Waals surface area contributed by atoms with Gasteiger partial charge < -0.3 is 0 Å². The zero-order valence-electron chi connectivity index (χ0n) is 4.22. The summed E-state index contributed by atoms with van der Waals surface area (Å²) in [6, 6.07) is 0. The molecule has 0 heterocycles. The van der Waals surface area contributed by atoms with Crippen LogP contribution in [0, 0.1) is 0 Å². The fourth-order valence-electron chi connectivity index (χ4n) is 0.124. The minimum absolute atomic E-state index is 4.50. The van der Waals surface area contributed by atoms with E-state index in [0.29, 0.717) is 0 Å². The summed E-state index contributed by atoms with van der Waals surface area (Å²) in [4.78, 5) is 0. The quantitative estimate of drug-likeness (QED) is 0.362. The number of hydrogen-bond acceptors (Lipinski definition) is 0. The van der Waals surface area contributed by atoms with Gasteiger partial charge in [0.25, 0.3) is 0 Å². The van der Waals surface area contributed by atoms with Crippen LogP contribution < -0.4 is 0 Å². The highest BCUT2D eigenvalue weighted by Gasteiger charge is 2.77. The Morgan fingerprint density at radius 2 is 1.10 bits per heavy atom. The SMILES string of the molecule is FB(F)[Si](F)(F)[Si](F)(F)F. The molecular weight excluding hydrogens is 200 g/mol. The lowest BCUT2D eigenvalue weighted by Gasteiger charge is -2.08. The third-order valence-corrected chi connectivity index (χ3v) is 4.88. The summed E-state index contributed by atoms with van der Waals surface area (Å²) >= 11 is 0. The largest absolute Gasteiger partial charge is 0.660 e. The van der Waals surface area contributed by atoms with Gasteiger partial charge in [-0.15, -0.1) is 0 Å². The molecule has 0 aromatic heterocycles. The molecule has 0 radical (unpaired) electrons. The van der Waals surface area contributed by atoms with Crippen LogP contribution in [0.25, 0.3) is 0 Å². The Bertz CT molecular complexity index is 113. The maximum absolute atomic E-state index is 11.4. The first kappa shape index (κ1) is 10.0. The smallest absolute Gasteiger partial charge is 0.283 e. The van der Waals surface area contributed by atoms with Crippen molar-refractivity contribution in [2.75, 3.05) is 0 Å². The maximum Gasteiger partial charge on any atom is 0.660 e. The molecule has 0 atom stereocenters. The van der Waals surface area contributed by atoms with E-state index in [1.54, 1.807) is 0 Å². The molecule has 10 heavy (non-hydrogen) atoms. The molecule has 0 aliphatic rings. The van der Waals surface area contributed by atoms with E-state index in [2.05, 4.69) is 0 Å². The van der Waals surface area contributed by atoms with Gasteiger partial charge in [0, 0.05) is 0 Å². The molecule has 0 nitrogen and oxygen atoms in total. The molecule has 10 heteroatoms. The van der Waals surface area contributed by atoms with Crippen LogP contribution >= 0.6 is 0 Å². The van der Waals surface area contributed by atoms with Crippen molar-refractivity contribution in [1.82, 2.24) is 0 Å². The summed E-state index contributed by atoms with van der Waals surface area (Å²) in [7, 11) is -14.6. The summed E-state index contributed by atoms with van der Waals surface area (Å²) in [5.41, 5.74) is 0. The van der Waals surface area contributed by atoms with Crippen LogP contribution in [-0.2, 0) is 0 Å². The zero-order valence-corrected chi connectivity index (χ0v) is 6.22. The van der Waals surface area contributed by atoms with Crippen molar-refractivity contribution in [3.8, 4) is 0 Å². The van der Waals surface area contributed by atoms with Gasteiger partial charge in [0.05, 0.1) is 0 Å². The Balaban J connectivity index is 4.40. The van der Waals surface area contributed by atoms with Crippen molar-refractivity contribution in [2.24, 2.45) is 0 Å². The van der Waals surface area contributed by atoms with Crippen molar-refractivity contribution in [3.63, 3.8) is 0 Å². The van der Waals surface area contributed by atoms with Gasteiger partial charge in [-0.05, 0) is 0 Å². The molecule has 60 valence electrons. The van der Waals surface area contributed by atoms with Crippen LogP contribution in [0.4, 0.5) is 29.2 Å². The molecule has 0 aliphatic heterocycles. The predicted molar refractivity (Wildman–Crippen MR) is 25.0 cm³/mol. The van der Waals surface area contributed by atoms with Crippen molar-refractivity contribution in [2.45, 2.75) is 0 Å². The summed E-state index contributed by atoms with van der Waals surface area (Å²) < 4.78 is 77.8. The zero-order chi connectivity index (χ0) is 8.58. The molecule has 0 amide bonds. The van der Waals surface area contributed by atoms with E-state index in [9.17, 15) is 29.2 Å². The third kappa shape index (κ3) is 1.75. The number of halogens is 7. The molecule has 0 saturated carbocycles. The van der Waals surface area contributed by atoms with Crippen molar-refractivity contribution in [1.29, 1.82) is 0 Å². The summed E-state index contributed by atoms with van der Waals surface area (Å²) in [6.07, 6.45) is 0. The molecule has 0 aromatic rings. The van der Waals surface area contributed by atoms with Crippen LogP contribution in [0.3, 0.4) is 0 Å². The minimum atomic E-state index is -7.39. The average molecular weight is 200 g/mol. The molecule has 0 bridgehead atoms. The third-order valence-electron chi connectivity index (χ3n) is 0.652. The standard InChI is InChI=1S/BF7Si2/c2-1(3)9(4,5)10(6,7)8. The first-order valence-electron chi connectivity index (χ1n) is 1.92. The fraction of sp³-hybridized carbons (Fsp3) is 0. The van der Waals surface area contributed by atoms with Gasteiger partial charge in [0.1, 0.15) is 0 Å². The molecule has 0 N–H and O–H groups in total. The lowest BCUT2D eigenvalue weighted by atomic mass is 10.5. The van der Waals surface area contributed by atoms with Gasteiger partial charge in [-0.2, -0.15) is 0 Å². The highest BCUT2D eigenvalue weighted by Crippen LogP contribution is 2.29. The molecule has 0 fully saturated rings. The van der Waals surface area contributed by atoms with Crippen LogP contribution in [0.1, 0.15) is 0 Å². The second kappa shape index (κ2) is 2.57. The Morgan fingerprint density at radius 3 is 1.10 bits per heavy atom. The average Bonchev–Trinajstić information content (AvgIpc) is 1.62. The summed E-state index contributed by atoms with van der Waals surface area (Å²) in [5, 5.41) is 0. The highest BCUT2D eigenvalue weighted by atomic mass is 29.4. The number of hydrogen-bond donors (Lipinski definition) is 0. The van der Waals surface area contributed by atoms with E-state index in [-0.39, 0.29) is 0 Å². The van der Waals surface area contributed by atoms with E-state index in [1.165, 1.54) is 0 Å². The Hall–Kier alpha value is 0.00870. The van der Waals surface area contributed by atoms with Crippen LogP contribution in [0.15, 0.2) is 0 Å². The second-order valence-electron chi connectivity index (χ2n) is 1.42. The molecule has 0 rings (SSSR count). The van der Waals surface area contributed by atoms with E-state index < -0.39 is 23.6 Å². The predicted octanol–water partition coefficient (Wildman–Crippen LogP) is 1.80. The molecule has 0 spiro atoms. The lowest BCUT2D eigenvalue weighted by molar-refractivity contribution is 0.470. The van der Waals surface area contributed by atoms with Gasteiger partial charge in [-0.1, -0.05) is 0 Å². The Morgan fingerprint density at radius 1 is 0.800 bits per heavy atom. The summed E-state index contributed by atoms with van der Waals surface area (Å²) in [5.74, 6) is 0. The van der Waals surface area contributed by atoms with Crippen molar-refractivity contribution < 1.29 is 29.2 Å². The minimum Gasteiger partial charge on any atom is -0.283 e. The highest BCUT2D eigenvalue weighted by molar-refractivity contribution is 7.52. The van der Waals surface area contributed by atoms with Gasteiger partial charge in [-0.3, -0.25) is 16.8 Å². The topological polar surface area (TPSA) is 0 Å². The normalized spacial score (nSPS) is 13.5. The van der Waals surface area contributed by atoms with E-state index in [0.717, 1.165) is 0 Å². The van der Waals surface area contributed by atoms with Crippen molar-refractivity contribution in [3.05, 3.63) is 0 Å². The van der Waals surface area contributed by atoms with Gasteiger partial charge in [0.15, 0.2) is 0 Å². The fourth-order valence-corrected chi connectivity index (χ4v) is 1.11.